The van der Waals surface area contributed by atoms with E-state index in [0.717, 1.165) is 68.3 Å². The molecule has 0 aliphatic carbocycles. The van der Waals surface area contributed by atoms with Crippen LogP contribution in [0.2, 0.25) is 0 Å². The van der Waals surface area contributed by atoms with E-state index in [1.54, 1.807) is 7.11 Å². The largest absolute Gasteiger partial charge is 0.482 e. The van der Waals surface area contributed by atoms with Gasteiger partial charge in [-0.3, -0.25) is 4.79 Å². The molecule has 2 rings (SSSR count). The number of aromatic amines is 1. The lowest BCUT2D eigenvalue weighted by atomic mass is 10.1. The fraction of sp³-hybridized carbons (Fsp3) is 0.688. The standard InChI is InChI=1S/C16H27N3O2/c1-5-18(6-2)10-11-19-9-7-8-13-14(16(19)20)12(3)15(17-13)21-4/h17H,5-11H2,1-4H3. The summed E-state index contributed by atoms with van der Waals surface area (Å²) in [6.45, 7) is 10.9. The van der Waals surface area contributed by atoms with Gasteiger partial charge in [-0.05, 0) is 32.9 Å². The van der Waals surface area contributed by atoms with Crippen molar-refractivity contribution in [2.75, 3.05) is 39.8 Å². The van der Waals surface area contributed by atoms with Gasteiger partial charge in [0.15, 0.2) is 5.88 Å². The average molecular weight is 293 g/mol. The summed E-state index contributed by atoms with van der Waals surface area (Å²) in [6, 6.07) is 0. The lowest BCUT2D eigenvalue weighted by Gasteiger charge is -2.25. The zero-order chi connectivity index (χ0) is 15.4. The summed E-state index contributed by atoms with van der Waals surface area (Å²) in [5.41, 5.74) is 2.79. The summed E-state index contributed by atoms with van der Waals surface area (Å²) in [5.74, 6) is 0.866. The van der Waals surface area contributed by atoms with E-state index >= 15 is 0 Å². The van der Waals surface area contributed by atoms with Crippen LogP contribution >= 0.6 is 0 Å². The first-order chi connectivity index (χ1) is 10.1. The minimum Gasteiger partial charge on any atom is -0.482 e. The molecular formula is C16H27N3O2. The lowest BCUT2D eigenvalue weighted by molar-refractivity contribution is 0.0742. The maximum atomic E-state index is 12.8. The Balaban J connectivity index is 2.15. The number of methoxy groups -OCH3 is 1. The Hall–Kier alpha value is -1.49. The average Bonchev–Trinajstić information content (AvgIpc) is 2.72. The third-order valence-electron chi connectivity index (χ3n) is 4.42. The van der Waals surface area contributed by atoms with Gasteiger partial charge in [-0.25, -0.2) is 0 Å². The van der Waals surface area contributed by atoms with Gasteiger partial charge in [0.1, 0.15) is 0 Å². The van der Waals surface area contributed by atoms with E-state index in [1.807, 2.05) is 11.8 Å². The van der Waals surface area contributed by atoms with Gasteiger partial charge in [0.25, 0.3) is 5.91 Å². The number of likely N-dealkylation sites (N-methyl/N-ethyl adjacent to an activating group) is 1. The topological polar surface area (TPSA) is 48.6 Å². The Labute approximate surface area is 127 Å². The van der Waals surface area contributed by atoms with E-state index in [9.17, 15) is 4.79 Å². The summed E-state index contributed by atoms with van der Waals surface area (Å²) in [7, 11) is 1.64. The minimum atomic E-state index is 0.145. The number of carbonyl (C=O) groups excluding carboxylic acids is 1. The van der Waals surface area contributed by atoms with Crippen molar-refractivity contribution < 1.29 is 9.53 Å². The number of aryl methyl sites for hydroxylation is 1. The van der Waals surface area contributed by atoms with Crippen LogP contribution < -0.4 is 4.74 Å². The summed E-state index contributed by atoms with van der Waals surface area (Å²) in [4.78, 5) is 20.4. The highest BCUT2D eigenvalue weighted by Gasteiger charge is 2.27. The molecule has 1 aliphatic rings. The van der Waals surface area contributed by atoms with Crippen LogP contribution in [0.25, 0.3) is 0 Å². The molecule has 0 fully saturated rings. The molecule has 2 heterocycles. The van der Waals surface area contributed by atoms with E-state index in [1.165, 1.54) is 0 Å². The van der Waals surface area contributed by atoms with Crippen LogP contribution in [-0.2, 0) is 6.42 Å². The van der Waals surface area contributed by atoms with E-state index in [4.69, 9.17) is 4.74 Å². The molecule has 1 aliphatic heterocycles. The number of aromatic nitrogens is 1. The Kier molecular flexibility index (Phi) is 5.28. The van der Waals surface area contributed by atoms with Crippen LogP contribution in [0.3, 0.4) is 0 Å². The van der Waals surface area contributed by atoms with Crippen molar-refractivity contribution in [3.63, 3.8) is 0 Å². The molecule has 0 saturated heterocycles. The quantitative estimate of drug-likeness (QED) is 0.873. The normalized spacial score (nSPS) is 15.3. The van der Waals surface area contributed by atoms with Gasteiger partial charge >= 0.3 is 0 Å². The molecule has 0 unspecified atom stereocenters. The highest BCUT2D eigenvalue weighted by atomic mass is 16.5. The van der Waals surface area contributed by atoms with Gasteiger partial charge in [0, 0.05) is 30.9 Å². The number of fused-ring (bicyclic) bond motifs is 1. The van der Waals surface area contributed by atoms with Crippen molar-refractivity contribution in [2.24, 2.45) is 0 Å². The number of hydrogen-bond acceptors (Lipinski definition) is 3. The number of H-pyrrole nitrogens is 1. The molecule has 1 amide bonds. The van der Waals surface area contributed by atoms with Gasteiger partial charge in [0.05, 0.1) is 12.7 Å². The van der Waals surface area contributed by atoms with Crippen LogP contribution in [0.15, 0.2) is 0 Å². The molecule has 0 bridgehead atoms. The molecule has 0 atom stereocenters. The number of ether oxygens (including phenoxy) is 1. The molecule has 0 saturated carbocycles. The van der Waals surface area contributed by atoms with Crippen molar-refractivity contribution >= 4 is 5.91 Å². The Bertz CT molecular complexity index is 492. The van der Waals surface area contributed by atoms with E-state index < -0.39 is 0 Å². The van der Waals surface area contributed by atoms with Crippen LogP contribution in [0, 0.1) is 6.92 Å². The first-order valence-electron chi connectivity index (χ1n) is 7.89. The number of nitrogens with zero attached hydrogens (tertiary/aromatic N) is 2. The third kappa shape index (κ3) is 3.23. The van der Waals surface area contributed by atoms with Crippen molar-refractivity contribution in [2.45, 2.75) is 33.6 Å². The molecule has 0 aromatic carbocycles. The van der Waals surface area contributed by atoms with Gasteiger partial charge in [-0.2, -0.15) is 0 Å². The molecule has 5 nitrogen and oxygen atoms in total. The van der Waals surface area contributed by atoms with Crippen molar-refractivity contribution in [1.29, 1.82) is 0 Å². The highest BCUT2D eigenvalue weighted by Crippen LogP contribution is 2.28. The van der Waals surface area contributed by atoms with Crippen LogP contribution in [0.5, 0.6) is 5.88 Å². The highest BCUT2D eigenvalue weighted by molar-refractivity contribution is 5.98. The van der Waals surface area contributed by atoms with E-state index in [-0.39, 0.29) is 5.91 Å². The number of nitrogens with one attached hydrogen (secondary N) is 1. The number of amides is 1. The molecule has 118 valence electrons. The van der Waals surface area contributed by atoms with Crippen LogP contribution in [0.4, 0.5) is 0 Å². The number of rotatable bonds is 6. The van der Waals surface area contributed by atoms with Gasteiger partial charge < -0.3 is 19.5 Å². The summed E-state index contributed by atoms with van der Waals surface area (Å²) in [6.07, 6.45) is 1.91. The second-order valence-electron chi connectivity index (χ2n) is 5.56. The maximum Gasteiger partial charge on any atom is 0.256 e. The lowest BCUT2D eigenvalue weighted by Crippen LogP contribution is -2.38. The Morgan fingerprint density at radius 2 is 2.05 bits per heavy atom. The maximum absolute atomic E-state index is 12.8. The monoisotopic (exact) mass is 293 g/mol. The zero-order valence-corrected chi connectivity index (χ0v) is 13.7. The predicted octanol–water partition coefficient (Wildman–Crippen LogP) is 2.06. The molecule has 5 heteroatoms. The number of carbonyl (C=O) groups is 1. The fourth-order valence-corrected chi connectivity index (χ4v) is 3.04. The molecule has 1 aromatic rings. The first kappa shape index (κ1) is 15.9. The Morgan fingerprint density at radius 1 is 1.33 bits per heavy atom. The van der Waals surface area contributed by atoms with Crippen molar-refractivity contribution in [3.8, 4) is 5.88 Å². The second-order valence-corrected chi connectivity index (χ2v) is 5.56. The van der Waals surface area contributed by atoms with Crippen molar-refractivity contribution in [3.05, 3.63) is 16.8 Å². The molecule has 1 N–H and O–H groups in total. The predicted molar refractivity (Wildman–Crippen MR) is 84.1 cm³/mol. The zero-order valence-electron chi connectivity index (χ0n) is 13.7. The van der Waals surface area contributed by atoms with Gasteiger partial charge in [-0.15, -0.1) is 0 Å². The first-order valence-corrected chi connectivity index (χ1v) is 7.89. The Morgan fingerprint density at radius 3 is 2.67 bits per heavy atom. The molecule has 0 radical (unpaired) electrons. The second kappa shape index (κ2) is 6.98. The summed E-state index contributed by atoms with van der Waals surface area (Å²) < 4.78 is 5.32. The molecule has 21 heavy (non-hydrogen) atoms. The van der Waals surface area contributed by atoms with Gasteiger partial charge in [0.2, 0.25) is 0 Å². The fourth-order valence-electron chi connectivity index (χ4n) is 3.04. The van der Waals surface area contributed by atoms with Crippen molar-refractivity contribution in [1.82, 2.24) is 14.8 Å². The van der Waals surface area contributed by atoms with E-state index in [0.29, 0.717) is 0 Å². The molecular weight excluding hydrogens is 266 g/mol. The van der Waals surface area contributed by atoms with Gasteiger partial charge in [-0.1, -0.05) is 13.8 Å². The minimum absolute atomic E-state index is 0.145. The summed E-state index contributed by atoms with van der Waals surface area (Å²) >= 11 is 0. The van der Waals surface area contributed by atoms with E-state index in [2.05, 4.69) is 23.7 Å². The molecule has 1 aromatic heterocycles. The number of hydrogen-bond donors (Lipinski definition) is 1. The smallest absolute Gasteiger partial charge is 0.256 e. The SMILES string of the molecule is CCN(CC)CCN1CCCc2[nH]c(OC)c(C)c2C1=O. The van der Waals surface area contributed by atoms with Crippen LogP contribution in [-0.4, -0.2) is 60.5 Å². The van der Waals surface area contributed by atoms with Crippen LogP contribution in [0.1, 0.15) is 41.9 Å². The third-order valence-corrected chi connectivity index (χ3v) is 4.42. The molecule has 0 spiro atoms. The summed E-state index contributed by atoms with van der Waals surface area (Å²) in [5, 5.41) is 0.